The highest BCUT2D eigenvalue weighted by atomic mass is 16.8. The van der Waals surface area contributed by atoms with Crippen molar-refractivity contribution in [1.29, 1.82) is 0 Å². The summed E-state index contributed by atoms with van der Waals surface area (Å²) in [5.41, 5.74) is -0.611. The molecule has 31 atom stereocenters. The smallest absolute Gasteiger partial charge is 0.187 e. The Kier molecular flexibility index (Phi) is 15.9. The zero-order valence-corrected chi connectivity index (χ0v) is 41.9. The van der Waals surface area contributed by atoms with Gasteiger partial charge in [-0.2, -0.15) is 0 Å². The third-order valence-corrected chi connectivity index (χ3v) is 19.9. The van der Waals surface area contributed by atoms with Crippen LogP contribution in [-0.2, 0) is 52.2 Å². The molecule has 10 rings (SSSR count). The summed E-state index contributed by atoms with van der Waals surface area (Å²) in [5, 5.41) is 129. The number of aliphatic hydroxyl groups excluding tert-OH is 12. The zero-order chi connectivity index (χ0) is 52.2. The topological polar surface area (TPSA) is 352 Å². The van der Waals surface area contributed by atoms with Gasteiger partial charge in [0.05, 0.1) is 45.2 Å². The molecule has 6 heterocycles. The molecule has 418 valence electrons. The Labute approximate surface area is 423 Å². The molecule has 4 unspecified atom stereocenters. The summed E-state index contributed by atoms with van der Waals surface area (Å²) in [6.45, 7) is 6.67. The standard InChI is InChI=1S/C50H80O23/c1-19-7-10-50(65-17-19)20(2)32-27(73-50)12-25-23-6-5-21-11-22(8-9-48(21,3)24(23)13-31(55)49(25,32)4)66-45-39(62)37(60)41(30(16-53)69-45)70-47-43(36(59)34(57)28(14-51)68-47)72-46-40(63)42(35(58)29(15-52)67-46)71-44-38(61)33(56)26(54)18-64-44/h19-30,32-47,51-54,56-63H,5-18H2,1-4H3/t19-,20?,21+,22+,23-,24+,25+,26-,27?,28-,29-,30-,32?,33+,34-,35-,36+,37-,38+,39-,40-,41+,42+,43-,44+,45-,46+,47+,48+,49-,50?/m1/s1. The Hall–Kier alpha value is -1.21. The van der Waals surface area contributed by atoms with Crippen molar-refractivity contribution in [3.05, 3.63) is 0 Å². The van der Waals surface area contributed by atoms with Crippen LogP contribution in [0.4, 0.5) is 0 Å². The Morgan fingerprint density at radius 1 is 0.589 bits per heavy atom. The van der Waals surface area contributed by atoms with Gasteiger partial charge in [0.15, 0.2) is 30.9 Å². The maximum atomic E-state index is 14.7. The van der Waals surface area contributed by atoms with Crippen LogP contribution in [0.15, 0.2) is 0 Å². The lowest BCUT2D eigenvalue weighted by atomic mass is 9.44. The summed E-state index contributed by atoms with van der Waals surface area (Å²) in [4.78, 5) is 14.7. The van der Waals surface area contributed by atoms with E-state index in [2.05, 4.69) is 27.7 Å². The number of carbonyl (C=O) groups is 1. The maximum absolute atomic E-state index is 14.7. The van der Waals surface area contributed by atoms with Gasteiger partial charge in [0, 0.05) is 30.1 Å². The third kappa shape index (κ3) is 9.30. The molecule has 6 aliphatic heterocycles. The van der Waals surface area contributed by atoms with Crippen LogP contribution in [0.2, 0.25) is 0 Å². The predicted octanol–water partition coefficient (Wildman–Crippen LogP) is -3.09. The van der Waals surface area contributed by atoms with E-state index >= 15 is 0 Å². The minimum absolute atomic E-state index is 0.00648. The van der Waals surface area contributed by atoms with Crippen molar-refractivity contribution in [3.8, 4) is 0 Å². The predicted molar refractivity (Wildman–Crippen MR) is 243 cm³/mol. The summed E-state index contributed by atoms with van der Waals surface area (Å²) in [7, 11) is 0. The highest BCUT2D eigenvalue weighted by molar-refractivity contribution is 5.87. The molecule has 1 spiro atoms. The van der Waals surface area contributed by atoms with Crippen LogP contribution in [-0.4, -0.2) is 235 Å². The molecule has 0 bridgehead atoms. The van der Waals surface area contributed by atoms with Crippen LogP contribution in [0.25, 0.3) is 0 Å². The number of hydrogen-bond acceptors (Lipinski definition) is 23. The number of ether oxygens (including phenoxy) is 10. The SMILES string of the molecule is CC1C2C(C[C@H]3[C@@H]4CC[C@H]5C[C@@H](O[C@@H]6O[C@H](CO)[C@H](O[C@@H]7O[C@H](CO)[C@@H](O)[C@H](O)[C@H]7O[C@@H]7O[C@H](CO)[C@@H](O)[C@H](O[C@@H]8OC[C@@H](O)[C@H](O)[C@@H]8O)[C@H]7O)[C@H](O)[C@H]6O)CC[C@]5(C)[C@H]4CC(=O)[C@]23C)OC12CC[C@@H](C)CO2. The number of hydrogen-bond donors (Lipinski definition) is 12. The number of aliphatic hydroxyl groups is 12. The van der Waals surface area contributed by atoms with Crippen LogP contribution in [0.3, 0.4) is 0 Å². The van der Waals surface area contributed by atoms with Crippen molar-refractivity contribution in [2.24, 2.45) is 52.3 Å². The van der Waals surface area contributed by atoms with Gasteiger partial charge in [-0.25, -0.2) is 0 Å². The highest BCUT2D eigenvalue weighted by Crippen LogP contribution is 2.70. The fourth-order valence-electron chi connectivity index (χ4n) is 15.6. The lowest BCUT2D eigenvalue weighted by Crippen LogP contribution is -2.67. The monoisotopic (exact) mass is 1050 g/mol. The molecule has 0 aromatic rings. The Morgan fingerprint density at radius 2 is 1.22 bits per heavy atom. The molecule has 12 N–H and O–H groups in total. The molecule has 10 fully saturated rings. The lowest BCUT2D eigenvalue weighted by Gasteiger charge is -2.60. The second-order valence-electron chi connectivity index (χ2n) is 23.7. The zero-order valence-electron chi connectivity index (χ0n) is 41.9. The first kappa shape index (κ1) is 55.1. The molecule has 0 aromatic carbocycles. The van der Waals surface area contributed by atoms with Gasteiger partial charge < -0.3 is 109 Å². The second kappa shape index (κ2) is 21.1. The Balaban J connectivity index is 0.787. The Morgan fingerprint density at radius 3 is 1.92 bits per heavy atom. The van der Waals surface area contributed by atoms with Crippen LogP contribution in [0.5, 0.6) is 0 Å². The molecular formula is C50H80O23. The summed E-state index contributed by atoms with van der Waals surface area (Å²) >= 11 is 0. The second-order valence-corrected chi connectivity index (χ2v) is 23.7. The van der Waals surface area contributed by atoms with Gasteiger partial charge in [-0.15, -0.1) is 0 Å². The Bertz CT molecular complexity index is 1910. The average Bonchev–Trinajstić information content (AvgIpc) is 3.83. The van der Waals surface area contributed by atoms with Gasteiger partial charge in [-0.05, 0) is 80.0 Å². The van der Waals surface area contributed by atoms with Crippen LogP contribution in [0.1, 0.15) is 85.5 Å². The van der Waals surface area contributed by atoms with Crippen molar-refractivity contribution >= 4 is 5.78 Å². The largest absolute Gasteiger partial charge is 0.394 e. The summed E-state index contributed by atoms with van der Waals surface area (Å²) in [5.74, 6) is 1.46. The normalized spacial score (nSPS) is 57.2. The van der Waals surface area contributed by atoms with Crippen molar-refractivity contribution in [2.45, 2.75) is 220 Å². The van der Waals surface area contributed by atoms with E-state index in [9.17, 15) is 66.1 Å². The van der Waals surface area contributed by atoms with Gasteiger partial charge in [0.2, 0.25) is 0 Å². The van der Waals surface area contributed by atoms with Gasteiger partial charge in [0.25, 0.3) is 0 Å². The summed E-state index contributed by atoms with van der Waals surface area (Å²) in [6.07, 6.45) is -26.1. The molecule has 0 aromatic heterocycles. The van der Waals surface area contributed by atoms with Crippen LogP contribution >= 0.6 is 0 Å². The molecule has 4 saturated carbocycles. The fraction of sp³-hybridized carbons (Fsp3) is 0.980. The van der Waals surface area contributed by atoms with Crippen molar-refractivity contribution in [2.75, 3.05) is 33.0 Å². The molecule has 23 nitrogen and oxygen atoms in total. The summed E-state index contributed by atoms with van der Waals surface area (Å²) in [6, 6.07) is 0. The van der Waals surface area contributed by atoms with E-state index in [1.54, 1.807) is 0 Å². The van der Waals surface area contributed by atoms with Crippen molar-refractivity contribution in [1.82, 2.24) is 0 Å². The minimum atomic E-state index is -2.01. The van der Waals surface area contributed by atoms with E-state index < -0.39 is 160 Å². The quantitative estimate of drug-likeness (QED) is 0.0913. The first-order chi connectivity index (χ1) is 34.7. The molecule has 23 heteroatoms. The van der Waals surface area contributed by atoms with Crippen LogP contribution < -0.4 is 0 Å². The van der Waals surface area contributed by atoms with Crippen LogP contribution in [0, 0.1) is 52.3 Å². The molecule has 0 amide bonds. The molecule has 0 radical (unpaired) electrons. The van der Waals surface area contributed by atoms with E-state index in [1.165, 1.54) is 0 Å². The molecule has 73 heavy (non-hydrogen) atoms. The molecule has 4 aliphatic carbocycles. The van der Waals surface area contributed by atoms with E-state index in [1.807, 2.05) is 0 Å². The molecule has 10 aliphatic rings. The van der Waals surface area contributed by atoms with E-state index in [0.717, 1.165) is 38.5 Å². The van der Waals surface area contributed by atoms with E-state index in [4.69, 9.17) is 47.4 Å². The highest BCUT2D eigenvalue weighted by Gasteiger charge is 2.72. The van der Waals surface area contributed by atoms with Gasteiger partial charge >= 0.3 is 0 Å². The number of Topliss-reactive ketones (excluding diaryl/α,β-unsaturated/α-hetero) is 1. The average molecular weight is 1050 g/mol. The maximum Gasteiger partial charge on any atom is 0.187 e. The number of fused-ring (bicyclic) bond motifs is 7. The number of rotatable bonds is 11. The van der Waals surface area contributed by atoms with Gasteiger partial charge in [-0.3, -0.25) is 4.79 Å². The van der Waals surface area contributed by atoms with Crippen molar-refractivity contribution in [3.63, 3.8) is 0 Å². The first-order valence-electron chi connectivity index (χ1n) is 26.7. The molecular weight excluding hydrogens is 969 g/mol. The number of carbonyl (C=O) groups excluding carboxylic acids is 1. The first-order valence-corrected chi connectivity index (χ1v) is 26.7. The lowest BCUT2D eigenvalue weighted by molar-refractivity contribution is -0.396. The number of ketones is 1. The van der Waals surface area contributed by atoms with E-state index in [0.29, 0.717) is 43.5 Å². The van der Waals surface area contributed by atoms with Crippen molar-refractivity contribution < 1.29 is 113 Å². The molecule has 6 saturated heterocycles. The van der Waals surface area contributed by atoms with E-state index in [-0.39, 0.29) is 41.1 Å². The van der Waals surface area contributed by atoms with Gasteiger partial charge in [-0.1, -0.05) is 27.7 Å². The fourth-order valence-corrected chi connectivity index (χ4v) is 15.6. The third-order valence-electron chi connectivity index (χ3n) is 19.9. The summed E-state index contributed by atoms with van der Waals surface area (Å²) < 4.78 is 60.3. The van der Waals surface area contributed by atoms with Gasteiger partial charge in [0.1, 0.15) is 97.3 Å². The minimum Gasteiger partial charge on any atom is -0.394 e.